The maximum Gasteiger partial charge on any atom is 0.230 e. The first-order chi connectivity index (χ1) is 7.99. The van der Waals surface area contributed by atoms with Crippen LogP contribution in [0.4, 0.5) is 4.39 Å². The van der Waals surface area contributed by atoms with E-state index in [1.165, 1.54) is 12.1 Å². The molecule has 0 radical (unpaired) electrons. The summed E-state index contributed by atoms with van der Waals surface area (Å²) < 4.78 is 13.0. The second-order valence-electron chi connectivity index (χ2n) is 4.19. The molecule has 2 amide bonds. The van der Waals surface area contributed by atoms with Crippen LogP contribution in [0.5, 0.6) is 0 Å². The van der Waals surface area contributed by atoms with Gasteiger partial charge < -0.3 is 0 Å². The Hall–Kier alpha value is -1.42. The zero-order chi connectivity index (χ0) is 12.6. The van der Waals surface area contributed by atoms with Gasteiger partial charge in [-0.2, -0.15) is 0 Å². The van der Waals surface area contributed by atoms with Gasteiger partial charge in [-0.3, -0.25) is 14.9 Å². The summed E-state index contributed by atoms with van der Waals surface area (Å²) in [6, 6.07) is 4.29. The summed E-state index contributed by atoms with van der Waals surface area (Å²) in [6.07, 6.45) is 0.217. The summed E-state index contributed by atoms with van der Waals surface area (Å²) in [7, 11) is 0. The quantitative estimate of drug-likeness (QED) is 0.783. The van der Waals surface area contributed by atoms with Gasteiger partial charge in [-0.1, -0.05) is 24.6 Å². The first kappa shape index (κ1) is 12.0. The topological polar surface area (TPSA) is 46.2 Å². The van der Waals surface area contributed by atoms with Gasteiger partial charge in [-0.15, -0.1) is 0 Å². The fourth-order valence-electron chi connectivity index (χ4n) is 2.01. The van der Waals surface area contributed by atoms with Crippen LogP contribution in [0, 0.1) is 11.7 Å². The van der Waals surface area contributed by atoms with Gasteiger partial charge in [0, 0.05) is 18.3 Å². The Kier molecular flexibility index (Phi) is 3.15. The van der Waals surface area contributed by atoms with E-state index in [1.807, 2.05) is 0 Å². The Morgan fingerprint density at radius 1 is 1.41 bits per heavy atom. The number of carbonyl (C=O) groups excluding carboxylic acids is 2. The molecule has 5 heteroatoms. The van der Waals surface area contributed by atoms with Gasteiger partial charge in [-0.25, -0.2) is 4.39 Å². The van der Waals surface area contributed by atoms with Crippen molar-refractivity contribution in [2.45, 2.75) is 19.3 Å². The van der Waals surface area contributed by atoms with Crippen molar-refractivity contribution in [1.82, 2.24) is 5.32 Å². The number of nitrogens with one attached hydrogen (secondary N) is 1. The van der Waals surface area contributed by atoms with E-state index in [-0.39, 0.29) is 35.1 Å². The van der Waals surface area contributed by atoms with Crippen molar-refractivity contribution in [2.75, 3.05) is 0 Å². The first-order valence-electron chi connectivity index (χ1n) is 5.27. The maximum atomic E-state index is 13.0. The molecular formula is C12H11ClFNO2. The van der Waals surface area contributed by atoms with Crippen LogP contribution in [-0.2, 0) is 9.59 Å². The Morgan fingerprint density at radius 3 is 2.76 bits per heavy atom. The molecule has 2 atom stereocenters. The normalized spacial score (nSPS) is 24.6. The molecule has 1 aromatic carbocycles. The van der Waals surface area contributed by atoms with E-state index >= 15 is 0 Å². The Morgan fingerprint density at radius 2 is 2.12 bits per heavy atom. The molecule has 1 aliphatic heterocycles. The van der Waals surface area contributed by atoms with Crippen LogP contribution in [0.25, 0.3) is 0 Å². The summed E-state index contributed by atoms with van der Waals surface area (Å²) in [5.74, 6) is -1.68. The molecule has 0 spiro atoms. The summed E-state index contributed by atoms with van der Waals surface area (Å²) >= 11 is 5.69. The van der Waals surface area contributed by atoms with Crippen LogP contribution >= 0.6 is 11.6 Å². The molecule has 0 saturated carbocycles. The zero-order valence-electron chi connectivity index (χ0n) is 9.17. The number of carbonyl (C=O) groups is 2. The molecule has 1 aliphatic rings. The minimum absolute atomic E-state index is 0.00753. The second kappa shape index (κ2) is 4.45. The summed E-state index contributed by atoms with van der Waals surface area (Å²) in [5, 5.41) is 2.28. The summed E-state index contributed by atoms with van der Waals surface area (Å²) in [6.45, 7) is 1.74. The third-order valence-corrected chi connectivity index (χ3v) is 3.35. The number of hydrogen-bond acceptors (Lipinski definition) is 2. The van der Waals surface area contributed by atoms with E-state index < -0.39 is 5.82 Å². The fraction of sp³-hybridized carbons (Fsp3) is 0.333. The standard InChI is InChI=1S/C12H11ClFNO2/c1-6-8(5-11(16)15-12(6)17)7-2-3-10(14)9(13)4-7/h2-4,6,8H,5H2,1H3,(H,15,16,17). The Labute approximate surface area is 103 Å². The van der Waals surface area contributed by atoms with Gasteiger partial charge in [0.1, 0.15) is 5.82 Å². The van der Waals surface area contributed by atoms with E-state index in [2.05, 4.69) is 5.32 Å². The minimum Gasteiger partial charge on any atom is -0.296 e. The molecular weight excluding hydrogens is 245 g/mol. The lowest BCUT2D eigenvalue weighted by atomic mass is 9.81. The minimum atomic E-state index is -0.505. The largest absolute Gasteiger partial charge is 0.296 e. The molecule has 0 aliphatic carbocycles. The number of rotatable bonds is 1. The van der Waals surface area contributed by atoms with Crippen LogP contribution in [-0.4, -0.2) is 11.8 Å². The van der Waals surface area contributed by atoms with Crippen molar-refractivity contribution >= 4 is 23.4 Å². The lowest BCUT2D eigenvalue weighted by molar-refractivity contribution is -0.136. The second-order valence-corrected chi connectivity index (χ2v) is 4.59. The number of benzene rings is 1. The smallest absolute Gasteiger partial charge is 0.230 e. The molecule has 0 aromatic heterocycles. The van der Waals surface area contributed by atoms with Crippen LogP contribution in [0.1, 0.15) is 24.8 Å². The van der Waals surface area contributed by atoms with Crippen molar-refractivity contribution in [3.8, 4) is 0 Å². The highest BCUT2D eigenvalue weighted by Crippen LogP contribution is 2.32. The van der Waals surface area contributed by atoms with Crippen molar-refractivity contribution in [2.24, 2.45) is 5.92 Å². The SMILES string of the molecule is CC1C(=O)NC(=O)CC1c1ccc(F)c(Cl)c1. The lowest BCUT2D eigenvalue weighted by Gasteiger charge is -2.27. The molecule has 2 unspecified atom stereocenters. The number of hydrogen-bond donors (Lipinski definition) is 1. The first-order valence-corrected chi connectivity index (χ1v) is 5.65. The molecule has 2 rings (SSSR count). The van der Waals surface area contributed by atoms with Crippen molar-refractivity contribution in [1.29, 1.82) is 0 Å². The highest BCUT2D eigenvalue weighted by molar-refractivity contribution is 6.30. The third kappa shape index (κ3) is 2.31. The predicted molar refractivity (Wildman–Crippen MR) is 61.1 cm³/mol. The van der Waals surface area contributed by atoms with Crippen LogP contribution in [0.15, 0.2) is 18.2 Å². The molecule has 90 valence electrons. The molecule has 17 heavy (non-hydrogen) atoms. The molecule has 1 aromatic rings. The van der Waals surface area contributed by atoms with Gasteiger partial charge in [0.05, 0.1) is 5.02 Å². The molecule has 1 saturated heterocycles. The maximum absolute atomic E-state index is 13.0. The molecule has 1 heterocycles. The number of imide groups is 1. The van der Waals surface area contributed by atoms with Gasteiger partial charge in [0.2, 0.25) is 11.8 Å². The monoisotopic (exact) mass is 255 g/mol. The fourth-order valence-corrected chi connectivity index (χ4v) is 2.20. The number of amides is 2. The van der Waals surface area contributed by atoms with Crippen LogP contribution < -0.4 is 5.32 Å². The molecule has 0 bridgehead atoms. The van der Waals surface area contributed by atoms with E-state index in [9.17, 15) is 14.0 Å². The van der Waals surface area contributed by atoms with E-state index in [4.69, 9.17) is 11.6 Å². The average molecular weight is 256 g/mol. The zero-order valence-corrected chi connectivity index (χ0v) is 9.92. The average Bonchev–Trinajstić information content (AvgIpc) is 2.27. The lowest BCUT2D eigenvalue weighted by Crippen LogP contribution is -2.43. The number of halogens is 2. The van der Waals surface area contributed by atoms with E-state index in [0.717, 1.165) is 0 Å². The van der Waals surface area contributed by atoms with Gasteiger partial charge in [0.25, 0.3) is 0 Å². The van der Waals surface area contributed by atoms with E-state index in [1.54, 1.807) is 13.0 Å². The van der Waals surface area contributed by atoms with E-state index in [0.29, 0.717) is 5.56 Å². The summed E-state index contributed by atoms with van der Waals surface area (Å²) in [5.41, 5.74) is 0.715. The van der Waals surface area contributed by atoms with Gasteiger partial charge in [-0.05, 0) is 17.7 Å². The van der Waals surface area contributed by atoms with Gasteiger partial charge >= 0.3 is 0 Å². The Balaban J connectivity index is 2.34. The van der Waals surface area contributed by atoms with Gasteiger partial charge in [0.15, 0.2) is 0 Å². The highest BCUT2D eigenvalue weighted by atomic mass is 35.5. The third-order valence-electron chi connectivity index (χ3n) is 3.06. The summed E-state index contributed by atoms with van der Waals surface area (Å²) in [4.78, 5) is 22.8. The van der Waals surface area contributed by atoms with Crippen LogP contribution in [0.2, 0.25) is 5.02 Å². The number of piperidine rings is 1. The van der Waals surface area contributed by atoms with Crippen molar-refractivity contribution in [3.63, 3.8) is 0 Å². The van der Waals surface area contributed by atoms with Crippen LogP contribution in [0.3, 0.4) is 0 Å². The predicted octanol–water partition coefficient (Wildman–Crippen LogP) is 2.25. The van der Waals surface area contributed by atoms with Crippen molar-refractivity contribution < 1.29 is 14.0 Å². The van der Waals surface area contributed by atoms with Crippen molar-refractivity contribution in [3.05, 3.63) is 34.6 Å². The molecule has 1 fully saturated rings. The Bertz CT molecular complexity index is 489. The molecule has 1 N–H and O–H groups in total. The molecule has 3 nitrogen and oxygen atoms in total. The highest BCUT2D eigenvalue weighted by Gasteiger charge is 2.33.